The second kappa shape index (κ2) is 12.4. The van der Waals surface area contributed by atoms with E-state index >= 15 is 0 Å². The summed E-state index contributed by atoms with van der Waals surface area (Å²) in [6, 6.07) is 15.0. The molecule has 0 aliphatic carbocycles. The molecule has 0 spiro atoms. The van der Waals surface area contributed by atoms with Crippen molar-refractivity contribution in [3.63, 3.8) is 0 Å². The molecule has 8 heteroatoms. The van der Waals surface area contributed by atoms with Crippen LogP contribution in [0.4, 0.5) is 11.4 Å². The molecule has 0 unspecified atom stereocenters. The Morgan fingerprint density at radius 3 is 2.51 bits per heavy atom. The van der Waals surface area contributed by atoms with Crippen molar-refractivity contribution in [2.45, 2.75) is 46.5 Å². The van der Waals surface area contributed by atoms with Crippen LogP contribution in [0.5, 0.6) is 0 Å². The fourth-order valence-corrected chi connectivity index (χ4v) is 4.54. The number of hydrogen-bond donors (Lipinski definition) is 1. The van der Waals surface area contributed by atoms with Crippen LogP contribution < -0.4 is 4.90 Å². The van der Waals surface area contributed by atoms with E-state index in [2.05, 4.69) is 64.4 Å². The van der Waals surface area contributed by atoms with Crippen LogP contribution in [0.3, 0.4) is 0 Å². The van der Waals surface area contributed by atoms with Crippen LogP contribution in [0.2, 0.25) is 0 Å². The van der Waals surface area contributed by atoms with E-state index in [1.54, 1.807) is 12.5 Å². The van der Waals surface area contributed by atoms with Crippen molar-refractivity contribution in [1.29, 1.82) is 0 Å². The van der Waals surface area contributed by atoms with Gasteiger partial charge in [0.1, 0.15) is 12.4 Å². The molecule has 0 saturated heterocycles. The first-order valence-corrected chi connectivity index (χ1v) is 12.6. The Labute approximate surface area is 217 Å². The minimum absolute atomic E-state index is 0.233. The highest BCUT2D eigenvalue weighted by atomic mass is 16.5. The van der Waals surface area contributed by atoms with Crippen LogP contribution in [0.25, 0.3) is 16.8 Å². The number of aromatic nitrogens is 3. The van der Waals surface area contributed by atoms with E-state index in [0.29, 0.717) is 6.61 Å². The molecule has 37 heavy (non-hydrogen) atoms. The smallest absolute Gasteiger partial charge is 0.329 e. The van der Waals surface area contributed by atoms with E-state index in [1.807, 2.05) is 24.6 Å². The number of carbonyl (C=O) groups is 1. The summed E-state index contributed by atoms with van der Waals surface area (Å²) >= 11 is 0. The summed E-state index contributed by atoms with van der Waals surface area (Å²) in [5, 5.41) is 12.8. The number of nitrogens with zero attached hydrogens (tertiary/aromatic N) is 4. The Hall–Kier alpha value is -3.91. The molecule has 194 valence electrons. The van der Waals surface area contributed by atoms with Gasteiger partial charge in [-0.3, -0.25) is 0 Å². The summed E-state index contributed by atoms with van der Waals surface area (Å²) in [5.41, 5.74) is 7.53. The largest absolute Gasteiger partial charge is 0.480 e. The number of hydrogen-bond acceptors (Lipinski definition) is 6. The summed E-state index contributed by atoms with van der Waals surface area (Å²) in [7, 11) is 0. The van der Waals surface area contributed by atoms with Gasteiger partial charge in [0.25, 0.3) is 0 Å². The molecular weight excluding hydrogens is 468 g/mol. The van der Waals surface area contributed by atoms with Crippen molar-refractivity contribution < 1.29 is 19.2 Å². The first-order chi connectivity index (χ1) is 17.9. The third-order valence-electron chi connectivity index (χ3n) is 6.43. The van der Waals surface area contributed by atoms with Crippen molar-refractivity contribution in [1.82, 2.24) is 14.7 Å². The quantitative estimate of drug-likeness (QED) is 0.216. The predicted molar refractivity (Wildman–Crippen MR) is 144 cm³/mol. The summed E-state index contributed by atoms with van der Waals surface area (Å²) < 4.78 is 12.6. The molecule has 0 aliphatic heterocycles. The summed E-state index contributed by atoms with van der Waals surface area (Å²) in [4.78, 5) is 17.1. The molecule has 0 aliphatic rings. The Bertz CT molecular complexity index is 1280. The van der Waals surface area contributed by atoms with E-state index in [-0.39, 0.29) is 6.61 Å². The number of aliphatic carboxylic acids is 1. The van der Waals surface area contributed by atoms with Gasteiger partial charge >= 0.3 is 5.97 Å². The topological polar surface area (TPSA) is 93.6 Å². The predicted octanol–water partition coefficient (Wildman–Crippen LogP) is 6.25. The first kappa shape index (κ1) is 26.2. The highest BCUT2D eigenvalue weighted by Crippen LogP contribution is 2.35. The number of benzene rings is 2. The van der Waals surface area contributed by atoms with Gasteiger partial charge in [0.05, 0.1) is 12.0 Å². The van der Waals surface area contributed by atoms with E-state index in [4.69, 9.17) is 14.4 Å². The Morgan fingerprint density at radius 1 is 1.05 bits per heavy atom. The molecule has 0 bridgehead atoms. The second-order valence-corrected chi connectivity index (χ2v) is 9.20. The molecule has 8 nitrogen and oxygen atoms in total. The number of carboxylic acid groups (broad SMARTS) is 1. The van der Waals surface area contributed by atoms with Gasteiger partial charge in [-0.05, 0) is 75.1 Å². The zero-order chi connectivity index (χ0) is 26.2. The highest BCUT2D eigenvalue weighted by Gasteiger charge is 2.17. The number of carboxylic acids is 1. The molecule has 0 radical (unpaired) electrons. The van der Waals surface area contributed by atoms with Crippen LogP contribution in [0.1, 0.15) is 42.7 Å². The maximum atomic E-state index is 10.6. The van der Waals surface area contributed by atoms with Crippen molar-refractivity contribution in [3.8, 4) is 16.8 Å². The number of aryl methyl sites for hydroxylation is 3. The molecular formula is C29H34N4O4. The van der Waals surface area contributed by atoms with Crippen molar-refractivity contribution >= 4 is 17.3 Å². The van der Waals surface area contributed by atoms with Crippen LogP contribution >= 0.6 is 0 Å². The average Bonchev–Trinajstić information content (AvgIpc) is 3.54. The lowest BCUT2D eigenvalue weighted by atomic mass is 10.0. The summed E-state index contributed by atoms with van der Waals surface area (Å²) in [5.74, 6) is -0.113. The van der Waals surface area contributed by atoms with Crippen molar-refractivity contribution in [3.05, 3.63) is 78.2 Å². The number of unbranched alkanes of at least 4 members (excludes halogenated alkanes) is 3. The van der Waals surface area contributed by atoms with E-state index in [1.165, 1.54) is 5.56 Å². The average molecular weight is 503 g/mol. The van der Waals surface area contributed by atoms with E-state index in [0.717, 1.165) is 71.9 Å². The van der Waals surface area contributed by atoms with Gasteiger partial charge < -0.3 is 23.8 Å². The lowest BCUT2D eigenvalue weighted by Crippen LogP contribution is -2.19. The third-order valence-corrected chi connectivity index (χ3v) is 6.43. The molecule has 2 aromatic heterocycles. The Morgan fingerprint density at radius 2 is 1.84 bits per heavy atom. The standard InChI is InChI=1S/C29H34N4O4/c1-21-8-9-24(29-22(2)31-37-23(29)3)18-27(21)33(15-6-4-5-7-17-36-19-28(34)35)26-12-10-25(11-13-26)32-16-14-30-20-32/h8-14,16,18,20H,4-7,15,17,19H2,1-3H3,(H,34,35). The molecule has 2 aromatic carbocycles. The highest BCUT2D eigenvalue weighted by molar-refractivity contribution is 5.76. The van der Waals surface area contributed by atoms with E-state index < -0.39 is 5.97 Å². The third kappa shape index (κ3) is 6.65. The normalized spacial score (nSPS) is 11.1. The molecule has 0 atom stereocenters. The van der Waals surface area contributed by atoms with Crippen LogP contribution in [0.15, 0.2) is 65.7 Å². The maximum absolute atomic E-state index is 10.6. The van der Waals surface area contributed by atoms with Gasteiger partial charge in [-0.2, -0.15) is 0 Å². The van der Waals surface area contributed by atoms with Gasteiger partial charge in [0.15, 0.2) is 0 Å². The molecule has 2 heterocycles. The Balaban J connectivity index is 1.54. The van der Waals surface area contributed by atoms with Crippen molar-refractivity contribution in [2.24, 2.45) is 0 Å². The second-order valence-electron chi connectivity index (χ2n) is 9.20. The molecule has 4 aromatic rings. The first-order valence-electron chi connectivity index (χ1n) is 12.6. The Kier molecular flexibility index (Phi) is 8.74. The number of imidazole rings is 1. The molecule has 1 N–H and O–H groups in total. The fraction of sp³-hybridized carbons (Fsp3) is 0.345. The van der Waals surface area contributed by atoms with Gasteiger partial charge in [-0.1, -0.05) is 30.1 Å². The number of ether oxygens (including phenoxy) is 1. The molecule has 0 amide bonds. The van der Waals surface area contributed by atoms with Gasteiger partial charge in [0.2, 0.25) is 0 Å². The molecule has 0 saturated carbocycles. The van der Waals surface area contributed by atoms with E-state index in [9.17, 15) is 4.79 Å². The lowest BCUT2D eigenvalue weighted by Gasteiger charge is -2.28. The van der Waals surface area contributed by atoms with Gasteiger partial charge in [-0.25, -0.2) is 9.78 Å². The van der Waals surface area contributed by atoms with Crippen LogP contribution in [-0.4, -0.2) is 45.5 Å². The van der Waals surface area contributed by atoms with Crippen molar-refractivity contribution in [2.75, 3.05) is 24.7 Å². The minimum atomic E-state index is -0.927. The minimum Gasteiger partial charge on any atom is -0.480 e. The van der Waals surface area contributed by atoms with Gasteiger partial charge in [0, 0.05) is 48.2 Å². The fourth-order valence-electron chi connectivity index (χ4n) is 4.54. The summed E-state index contributed by atoms with van der Waals surface area (Å²) in [6.45, 7) is 7.15. The SMILES string of the molecule is Cc1ccc(-c2c(C)noc2C)cc1N(CCCCCCOCC(=O)O)c1ccc(-n2ccnc2)cc1. The monoisotopic (exact) mass is 502 g/mol. The lowest BCUT2D eigenvalue weighted by molar-refractivity contribution is -0.142. The van der Waals surface area contributed by atoms with Gasteiger partial charge in [-0.15, -0.1) is 0 Å². The molecule has 0 fully saturated rings. The maximum Gasteiger partial charge on any atom is 0.329 e. The number of rotatable bonds is 13. The zero-order valence-corrected chi connectivity index (χ0v) is 21.7. The number of anilines is 2. The van der Waals surface area contributed by atoms with Crippen LogP contribution in [0, 0.1) is 20.8 Å². The van der Waals surface area contributed by atoms with Crippen LogP contribution in [-0.2, 0) is 9.53 Å². The molecule has 4 rings (SSSR count). The summed E-state index contributed by atoms with van der Waals surface area (Å²) in [6.07, 6.45) is 9.38. The zero-order valence-electron chi connectivity index (χ0n) is 21.7.